The Kier molecular flexibility index (Phi) is 9.14. The summed E-state index contributed by atoms with van der Waals surface area (Å²) in [6.45, 7) is -14.2. The number of hydrogen-bond acceptors (Lipinski definition) is 13. The smallest absolute Gasteiger partial charge is 0.277 e. The second-order valence-corrected chi connectivity index (χ2v) is 2.56. The van der Waals surface area contributed by atoms with E-state index in [1.165, 1.54) is 0 Å². The van der Waals surface area contributed by atoms with Crippen LogP contribution in [0.3, 0.4) is 0 Å². The molecule has 0 saturated carbocycles. The summed E-state index contributed by atoms with van der Waals surface area (Å²) < 4.78 is 19.5. The van der Waals surface area contributed by atoms with Gasteiger partial charge in [0.05, 0.1) is 0 Å². The monoisotopic (exact) mass is 294 g/mol. The number of aliphatic hydroxyl groups is 8. The van der Waals surface area contributed by atoms with Crippen molar-refractivity contribution in [1.29, 1.82) is 0 Å². The third kappa shape index (κ3) is 11.0. The molecule has 0 saturated heterocycles. The van der Waals surface area contributed by atoms with Crippen LogP contribution in [0.2, 0.25) is 0 Å². The fourth-order valence-corrected chi connectivity index (χ4v) is 0.635. The maximum Gasteiger partial charge on any atom is 0.277 e. The van der Waals surface area contributed by atoms with Gasteiger partial charge in [-0.3, -0.25) is 23.7 Å². The van der Waals surface area contributed by atoms with Crippen LogP contribution in [-0.2, 0) is 23.7 Å². The molecule has 0 radical (unpaired) electrons. The highest BCUT2D eigenvalue weighted by atomic mass is 17.0. The summed E-state index contributed by atoms with van der Waals surface area (Å²) >= 11 is 0. The van der Waals surface area contributed by atoms with Crippen molar-refractivity contribution in [3.05, 3.63) is 0 Å². The molecule has 0 aliphatic rings. The van der Waals surface area contributed by atoms with Crippen molar-refractivity contribution in [3.8, 4) is 0 Å². The average Bonchev–Trinajstić information content (AvgIpc) is 2.12. The number of rotatable bonds is 10. The van der Waals surface area contributed by atoms with Crippen molar-refractivity contribution in [3.63, 3.8) is 0 Å². The van der Waals surface area contributed by atoms with Crippen LogP contribution in [0.5, 0.6) is 0 Å². The molecule has 0 bridgehead atoms. The highest BCUT2D eigenvalue weighted by Gasteiger charge is 2.21. The SMILES string of the molecule is OC(O)OC(O)OC(O)OC(O)OC(O)OC(O)O. The van der Waals surface area contributed by atoms with Crippen LogP contribution in [0.4, 0.5) is 0 Å². The van der Waals surface area contributed by atoms with Gasteiger partial charge in [-0.2, -0.15) is 0 Å². The van der Waals surface area contributed by atoms with Gasteiger partial charge in [0.25, 0.3) is 38.9 Å². The molecule has 13 heteroatoms. The second kappa shape index (κ2) is 9.39. The Bertz CT molecular complexity index is 199. The van der Waals surface area contributed by atoms with Gasteiger partial charge >= 0.3 is 0 Å². The molecule has 0 rings (SSSR count). The Balaban J connectivity index is 3.88. The summed E-state index contributed by atoms with van der Waals surface area (Å²) in [4.78, 5) is 0. The second-order valence-electron chi connectivity index (χ2n) is 2.56. The van der Waals surface area contributed by atoms with Crippen LogP contribution in [-0.4, -0.2) is 79.7 Å². The first-order valence-electron chi connectivity index (χ1n) is 4.42. The number of ether oxygens (including phenoxy) is 5. The molecule has 0 heterocycles. The van der Waals surface area contributed by atoms with E-state index in [0.29, 0.717) is 0 Å². The minimum Gasteiger partial charge on any atom is -0.346 e. The van der Waals surface area contributed by atoms with Crippen LogP contribution in [0.15, 0.2) is 0 Å². The van der Waals surface area contributed by atoms with E-state index < -0.39 is 38.9 Å². The number of aliphatic hydroxyl groups excluding tert-OH is 6. The van der Waals surface area contributed by atoms with Gasteiger partial charge < -0.3 is 40.9 Å². The summed E-state index contributed by atoms with van der Waals surface area (Å²) in [5.41, 5.74) is 0. The number of hydrogen-bond donors (Lipinski definition) is 8. The Hall–Kier alpha value is -0.520. The van der Waals surface area contributed by atoms with Gasteiger partial charge in [0.1, 0.15) is 0 Å². The van der Waals surface area contributed by atoms with E-state index in [4.69, 9.17) is 40.9 Å². The summed E-state index contributed by atoms with van der Waals surface area (Å²) in [6, 6.07) is 0. The standard InChI is InChI=1S/C6H14O13/c7-1(8)15-3(11)17-5(13)19-6(14)18-4(12)16-2(9)10/h1-14H. The molecule has 0 aromatic carbocycles. The fraction of sp³-hybridized carbons (Fsp3) is 1.00. The molecule has 0 aliphatic heterocycles. The molecule has 4 unspecified atom stereocenters. The van der Waals surface area contributed by atoms with E-state index in [9.17, 15) is 0 Å². The molecule has 13 nitrogen and oxygen atoms in total. The molecular weight excluding hydrogens is 280 g/mol. The van der Waals surface area contributed by atoms with Crippen LogP contribution in [0, 0.1) is 0 Å². The molecule has 0 spiro atoms. The summed E-state index contributed by atoms with van der Waals surface area (Å²) in [5, 5.41) is 68.1. The lowest BCUT2D eigenvalue weighted by Crippen LogP contribution is -2.35. The Morgan fingerprint density at radius 3 is 0.789 bits per heavy atom. The molecule has 0 aromatic rings. The fourth-order valence-electron chi connectivity index (χ4n) is 0.635. The van der Waals surface area contributed by atoms with Crippen molar-refractivity contribution in [2.45, 2.75) is 38.9 Å². The first-order chi connectivity index (χ1) is 8.70. The molecule has 116 valence electrons. The van der Waals surface area contributed by atoms with E-state index in [1.807, 2.05) is 0 Å². The van der Waals surface area contributed by atoms with Gasteiger partial charge in [-0.1, -0.05) is 0 Å². The van der Waals surface area contributed by atoms with Gasteiger partial charge in [-0.05, 0) is 0 Å². The largest absolute Gasteiger partial charge is 0.346 e. The van der Waals surface area contributed by atoms with Gasteiger partial charge in [-0.15, -0.1) is 0 Å². The maximum atomic E-state index is 8.89. The van der Waals surface area contributed by atoms with Crippen molar-refractivity contribution >= 4 is 0 Å². The normalized spacial score (nSPS) is 18.6. The van der Waals surface area contributed by atoms with Crippen molar-refractivity contribution < 1.29 is 64.5 Å². The van der Waals surface area contributed by atoms with Crippen LogP contribution >= 0.6 is 0 Å². The zero-order valence-electron chi connectivity index (χ0n) is 9.08. The van der Waals surface area contributed by atoms with Gasteiger partial charge in [0.15, 0.2) is 0 Å². The van der Waals surface area contributed by atoms with Crippen molar-refractivity contribution in [2.75, 3.05) is 0 Å². The molecule has 8 N–H and O–H groups in total. The molecular formula is C6H14O13. The third-order valence-electron chi connectivity index (χ3n) is 1.17. The van der Waals surface area contributed by atoms with Crippen LogP contribution in [0.1, 0.15) is 0 Å². The topological polar surface area (TPSA) is 208 Å². The molecule has 0 aliphatic carbocycles. The highest BCUT2D eigenvalue weighted by molar-refractivity contribution is 4.24. The van der Waals surface area contributed by atoms with E-state index in [-0.39, 0.29) is 0 Å². The lowest BCUT2D eigenvalue weighted by Gasteiger charge is -2.22. The van der Waals surface area contributed by atoms with Crippen LogP contribution < -0.4 is 0 Å². The molecule has 0 aromatic heterocycles. The van der Waals surface area contributed by atoms with E-state index >= 15 is 0 Å². The molecule has 0 fully saturated rings. The summed E-state index contributed by atoms with van der Waals surface area (Å²) in [5.74, 6) is 0. The maximum absolute atomic E-state index is 8.89. The zero-order chi connectivity index (χ0) is 15.0. The predicted molar refractivity (Wildman–Crippen MR) is 45.9 cm³/mol. The first-order valence-corrected chi connectivity index (χ1v) is 4.42. The third-order valence-corrected chi connectivity index (χ3v) is 1.17. The summed E-state index contributed by atoms with van der Waals surface area (Å²) in [7, 11) is 0. The van der Waals surface area contributed by atoms with Crippen molar-refractivity contribution in [2.24, 2.45) is 0 Å². The highest BCUT2D eigenvalue weighted by Crippen LogP contribution is 2.04. The average molecular weight is 294 g/mol. The molecule has 0 amide bonds. The van der Waals surface area contributed by atoms with E-state index in [2.05, 4.69) is 23.7 Å². The van der Waals surface area contributed by atoms with E-state index in [1.54, 1.807) is 0 Å². The summed E-state index contributed by atoms with van der Waals surface area (Å²) in [6.07, 6.45) is 0. The molecule has 19 heavy (non-hydrogen) atoms. The zero-order valence-corrected chi connectivity index (χ0v) is 9.08. The quantitative estimate of drug-likeness (QED) is 0.177. The lowest BCUT2D eigenvalue weighted by molar-refractivity contribution is -0.477. The van der Waals surface area contributed by atoms with Crippen LogP contribution in [0.25, 0.3) is 0 Å². The van der Waals surface area contributed by atoms with Gasteiger partial charge in [-0.25, -0.2) is 0 Å². The lowest BCUT2D eigenvalue weighted by atomic mass is 11.0. The van der Waals surface area contributed by atoms with Crippen molar-refractivity contribution in [1.82, 2.24) is 0 Å². The first kappa shape index (κ1) is 18.5. The van der Waals surface area contributed by atoms with Gasteiger partial charge in [0.2, 0.25) is 0 Å². The Morgan fingerprint density at radius 1 is 0.368 bits per heavy atom. The predicted octanol–water partition coefficient (Wildman–Crippen LogP) is -5.29. The van der Waals surface area contributed by atoms with Gasteiger partial charge in [0, 0.05) is 0 Å². The minimum atomic E-state index is -2.40. The molecule has 4 atom stereocenters. The Morgan fingerprint density at radius 2 is 0.579 bits per heavy atom. The minimum absolute atomic E-state index is 2.32. The Labute approximate surface area is 104 Å². The van der Waals surface area contributed by atoms with E-state index in [0.717, 1.165) is 0 Å².